The lowest BCUT2D eigenvalue weighted by atomic mass is 9.52. The maximum Gasteiger partial charge on any atom is 0.303 e. The van der Waals surface area contributed by atoms with Gasteiger partial charge in [-0.1, -0.05) is 30.2 Å². The minimum atomic E-state index is -0.482. The molecule has 0 heterocycles. The Morgan fingerprint density at radius 2 is 2.07 bits per heavy atom. The van der Waals surface area contributed by atoms with Gasteiger partial charge in [0.15, 0.2) is 11.6 Å². The van der Waals surface area contributed by atoms with Gasteiger partial charge in [-0.3, -0.25) is 14.4 Å². The van der Waals surface area contributed by atoms with Crippen LogP contribution in [0.1, 0.15) is 46.5 Å². The van der Waals surface area contributed by atoms with Gasteiger partial charge < -0.3 is 9.53 Å². The van der Waals surface area contributed by atoms with Crippen LogP contribution in [0.2, 0.25) is 0 Å². The monoisotopic (exact) mass is 396 g/mol. The molecule has 0 aromatic heterocycles. The van der Waals surface area contributed by atoms with Crippen LogP contribution >= 0.6 is 0 Å². The topological polar surface area (TPSA) is 77.5 Å². The van der Waals surface area contributed by atoms with Crippen LogP contribution in [-0.2, 0) is 23.9 Å². The number of fused-ring (bicyclic) bond motifs is 5. The molecule has 4 aliphatic carbocycles. The van der Waals surface area contributed by atoms with E-state index in [1.807, 2.05) is 6.08 Å². The summed E-state index contributed by atoms with van der Waals surface area (Å²) in [6.45, 7) is 5.33. The van der Waals surface area contributed by atoms with Crippen LogP contribution in [0.3, 0.4) is 0 Å². The second kappa shape index (κ2) is 6.89. The van der Waals surface area contributed by atoms with Crippen molar-refractivity contribution in [1.29, 1.82) is 0 Å². The molecule has 6 atom stereocenters. The average Bonchev–Trinajstić information content (AvgIpc) is 2.99. The zero-order valence-corrected chi connectivity index (χ0v) is 17.3. The highest BCUT2D eigenvalue weighted by Crippen LogP contribution is 2.64. The van der Waals surface area contributed by atoms with E-state index in [1.165, 1.54) is 18.1 Å². The number of aldehydes is 1. The van der Waals surface area contributed by atoms with E-state index in [1.54, 1.807) is 12.2 Å². The van der Waals surface area contributed by atoms with E-state index in [0.717, 1.165) is 25.5 Å². The molecular formula is C24H28O5. The number of esters is 1. The summed E-state index contributed by atoms with van der Waals surface area (Å²) in [6, 6.07) is 0. The molecule has 5 heteroatoms. The van der Waals surface area contributed by atoms with Crippen molar-refractivity contribution in [3.8, 4) is 0 Å². The quantitative estimate of drug-likeness (QED) is 0.414. The fraction of sp³-hybridized carbons (Fsp3) is 0.583. The third kappa shape index (κ3) is 2.97. The molecule has 1 unspecified atom stereocenters. The summed E-state index contributed by atoms with van der Waals surface area (Å²) in [5, 5.41) is 0. The van der Waals surface area contributed by atoms with Gasteiger partial charge >= 0.3 is 5.97 Å². The van der Waals surface area contributed by atoms with Crippen molar-refractivity contribution in [2.24, 2.45) is 34.5 Å². The van der Waals surface area contributed by atoms with E-state index >= 15 is 0 Å². The van der Waals surface area contributed by atoms with Gasteiger partial charge in [-0.25, -0.2) is 0 Å². The summed E-state index contributed by atoms with van der Waals surface area (Å²) in [5.41, 5.74) is 1.94. The number of Topliss-reactive ketones (excluding diaryl/α,β-unsaturated/α-hetero) is 1. The third-order valence-corrected chi connectivity index (χ3v) is 7.99. The summed E-state index contributed by atoms with van der Waals surface area (Å²) in [6.07, 6.45) is 11.9. The lowest BCUT2D eigenvalue weighted by Gasteiger charge is -2.52. The second-order valence-electron chi connectivity index (χ2n) is 9.49. The molecule has 4 rings (SSSR count). The van der Waals surface area contributed by atoms with Crippen molar-refractivity contribution in [1.82, 2.24) is 0 Å². The standard InChI is InChI=1S/C24H28O5/c1-14(26)29-13-21(28)22-15(12-25)10-20-18-5-4-16-11-17(27)6-8-23(16,2)19(18)7-9-24(20,22)3/h6-8,11-12,15,18,20,22H,4-5,9-10,13H2,1-3H3/t15?,18-,20+,22-,23+,24+/m1/s1. The molecule has 2 fully saturated rings. The van der Waals surface area contributed by atoms with Crippen LogP contribution in [0, 0.1) is 34.5 Å². The van der Waals surface area contributed by atoms with Crippen LogP contribution in [0.4, 0.5) is 0 Å². The van der Waals surface area contributed by atoms with Crippen LogP contribution in [0.5, 0.6) is 0 Å². The van der Waals surface area contributed by atoms with Crippen molar-refractivity contribution >= 4 is 23.8 Å². The number of hydrogen-bond donors (Lipinski definition) is 0. The van der Waals surface area contributed by atoms with Gasteiger partial charge in [0.2, 0.25) is 0 Å². The molecule has 0 amide bonds. The Labute approximate surface area is 171 Å². The Kier molecular flexibility index (Phi) is 4.75. The summed E-state index contributed by atoms with van der Waals surface area (Å²) in [7, 11) is 0. The van der Waals surface area contributed by atoms with E-state index in [9.17, 15) is 19.2 Å². The van der Waals surface area contributed by atoms with Gasteiger partial charge in [-0.15, -0.1) is 0 Å². The van der Waals surface area contributed by atoms with Crippen LogP contribution in [0.25, 0.3) is 0 Å². The first kappa shape index (κ1) is 20.0. The summed E-state index contributed by atoms with van der Waals surface area (Å²) < 4.78 is 4.97. The van der Waals surface area contributed by atoms with E-state index in [4.69, 9.17) is 4.74 Å². The Bertz CT molecular complexity index is 878. The van der Waals surface area contributed by atoms with Gasteiger partial charge in [0.25, 0.3) is 0 Å². The number of carbonyl (C=O) groups is 4. The molecule has 2 saturated carbocycles. The SMILES string of the molecule is CC(=O)OCC(=O)[C@H]1C(C=O)C[C@H]2[C@@H]3CCC4=CC(=O)C=C[C@]4(C)C3=CC[C@]12C. The Morgan fingerprint density at radius 1 is 1.31 bits per heavy atom. The molecule has 0 aromatic rings. The molecule has 0 aromatic carbocycles. The molecule has 4 aliphatic rings. The number of rotatable bonds is 4. The normalized spacial score (nSPS) is 40.2. The maximum absolute atomic E-state index is 13.0. The number of carbonyl (C=O) groups excluding carboxylic acids is 4. The van der Waals surface area contributed by atoms with Gasteiger partial charge in [0.05, 0.1) is 0 Å². The molecule has 29 heavy (non-hydrogen) atoms. The highest BCUT2D eigenvalue weighted by atomic mass is 16.5. The highest BCUT2D eigenvalue weighted by Gasteiger charge is 2.60. The maximum atomic E-state index is 13.0. The van der Waals surface area contributed by atoms with E-state index in [0.29, 0.717) is 12.3 Å². The number of hydrogen-bond acceptors (Lipinski definition) is 5. The van der Waals surface area contributed by atoms with Gasteiger partial charge in [-0.2, -0.15) is 0 Å². The summed E-state index contributed by atoms with van der Waals surface area (Å²) >= 11 is 0. The van der Waals surface area contributed by atoms with Crippen LogP contribution in [-0.4, -0.2) is 30.4 Å². The zero-order valence-electron chi connectivity index (χ0n) is 17.3. The number of ketones is 2. The molecule has 0 radical (unpaired) electrons. The molecule has 0 bridgehead atoms. The summed E-state index contributed by atoms with van der Waals surface area (Å²) in [5.74, 6) is -0.815. The van der Waals surface area contributed by atoms with Crippen molar-refractivity contribution in [3.63, 3.8) is 0 Å². The minimum Gasteiger partial charge on any atom is -0.458 e. The van der Waals surface area contributed by atoms with Crippen LogP contribution < -0.4 is 0 Å². The van der Waals surface area contributed by atoms with Gasteiger partial charge in [0, 0.05) is 24.2 Å². The number of ether oxygens (including phenoxy) is 1. The minimum absolute atomic E-state index is 0.0511. The van der Waals surface area contributed by atoms with Gasteiger partial charge in [0.1, 0.15) is 12.9 Å². The average molecular weight is 396 g/mol. The first-order chi connectivity index (χ1) is 13.7. The predicted octanol–water partition coefficient (Wildman–Crippen LogP) is 3.39. The van der Waals surface area contributed by atoms with E-state index < -0.39 is 11.9 Å². The predicted molar refractivity (Wildman–Crippen MR) is 107 cm³/mol. The van der Waals surface area contributed by atoms with E-state index in [2.05, 4.69) is 19.9 Å². The van der Waals surface area contributed by atoms with Crippen molar-refractivity contribution < 1.29 is 23.9 Å². The third-order valence-electron chi connectivity index (χ3n) is 7.99. The fourth-order valence-electron chi connectivity index (χ4n) is 6.63. The highest BCUT2D eigenvalue weighted by molar-refractivity contribution is 6.01. The fourth-order valence-corrected chi connectivity index (χ4v) is 6.63. The first-order valence-electron chi connectivity index (χ1n) is 10.5. The van der Waals surface area contributed by atoms with Crippen molar-refractivity contribution in [2.75, 3.05) is 6.61 Å². The second-order valence-corrected chi connectivity index (χ2v) is 9.49. The Morgan fingerprint density at radius 3 is 2.76 bits per heavy atom. The lowest BCUT2D eigenvalue weighted by molar-refractivity contribution is -0.149. The van der Waals surface area contributed by atoms with E-state index in [-0.39, 0.29) is 40.8 Å². The summed E-state index contributed by atoms with van der Waals surface area (Å²) in [4.78, 5) is 47.9. The van der Waals surface area contributed by atoms with Crippen molar-refractivity contribution in [2.45, 2.75) is 46.5 Å². The smallest absolute Gasteiger partial charge is 0.303 e. The van der Waals surface area contributed by atoms with Crippen LogP contribution in [0.15, 0.2) is 35.5 Å². The first-order valence-corrected chi connectivity index (χ1v) is 10.5. The molecule has 5 nitrogen and oxygen atoms in total. The zero-order chi connectivity index (χ0) is 21.0. The largest absolute Gasteiger partial charge is 0.458 e. The molecule has 0 saturated heterocycles. The molecule has 0 N–H and O–H groups in total. The molecule has 0 aliphatic heterocycles. The Hall–Kier alpha value is -2.30. The molecule has 154 valence electrons. The lowest BCUT2D eigenvalue weighted by Crippen LogP contribution is -2.45. The number of allylic oxidation sites excluding steroid dienone is 6. The van der Waals surface area contributed by atoms with Crippen molar-refractivity contribution in [3.05, 3.63) is 35.5 Å². The Balaban J connectivity index is 1.69. The molecular weight excluding hydrogens is 368 g/mol. The molecule has 0 spiro atoms. The van der Waals surface area contributed by atoms with Gasteiger partial charge in [-0.05, 0) is 62.0 Å².